The van der Waals surface area contributed by atoms with E-state index in [4.69, 9.17) is 5.73 Å². The van der Waals surface area contributed by atoms with Gasteiger partial charge in [-0.3, -0.25) is 0 Å². The lowest BCUT2D eigenvalue weighted by Crippen LogP contribution is -2.36. The molecule has 0 unspecified atom stereocenters. The molecular formula is C15H26N2S. The maximum absolute atomic E-state index is 6.08. The highest BCUT2D eigenvalue weighted by molar-refractivity contribution is 7.09. The van der Waals surface area contributed by atoms with Gasteiger partial charge in [0.1, 0.15) is 0 Å². The molecule has 0 aromatic carbocycles. The summed E-state index contributed by atoms with van der Waals surface area (Å²) in [6.45, 7) is 3.11. The van der Waals surface area contributed by atoms with Crippen molar-refractivity contribution in [3.63, 3.8) is 0 Å². The molecule has 1 fully saturated rings. The maximum atomic E-state index is 6.08. The quantitative estimate of drug-likeness (QED) is 0.845. The van der Waals surface area contributed by atoms with Crippen molar-refractivity contribution in [3.05, 3.63) is 16.6 Å². The standard InChI is InChI=1S/C15H26N2S/c1-2-3-4-13-5-7-15(12-16,8-6-13)11-14-17-9-10-18-14/h9-10,13H,2-8,11-12,16H2,1H3. The van der Waals surface area contributed by atoms with Crippen molar-refractivity contribution >= 4 is 11.3 Å². The molecule has 18 heavy (non-hydrogen) atoms. The van der Waals surface area contributed by atoms with Crippen molar-refractivity contribution in [2.75, 3.05) is 6.54 Å². The van der Waals surface area contributed by atoms with E-state index in [1.54, 1.807) is 11.3 Å². The van der Waals surface area contributed by atoms with Gasteiger partial charge < -0.3 is 5.73 Å². The molecule has 2 N–H and O–H groups in total. The van der Waals surface area contributed by atoms with E-state index in [1.807, 2.05) is 6.20 Å². The summed E-state index contributed by atoms with van der Waals surface area (Å²) >= 11 is 1.78. The third-order valence-corrected chi connectivity index (χ3v) is 5.35. The first-order valence-corrected chi connectivity index (χ1v) is 8.24. The predicted molar refractivity (Wildman–Crippen MR) is 78.8 cm³/mol. The molecule has 0 radical (unpaired) electrons. The molecule has 1 aromatic heterocycles. The number of unbranched alkanes of at least 4 members (excludes halogenated alkanes) is 1. The highest BCUT2D eigenvalue weighted by Gasteiger charge is 2.34. The summed E-state index contributed by atoms with van der Waals surface area (Å²) in [4.78, 5) is 4.43. The molecule has 0 amide bonds. The van der Waals surface area contributed by atoms with Gasteiger partial charge in [-0.25, -0.2) is 4.98 Å². The summed E-state index contributed by atoms with van der Waals surface area (Å²) in [6.07, 6.45) is 12.5. The Bertz CT molecular complexity index is 326. The van der Waals surface area contributed by atoms with E-state index in [2.05, 4.69) is 17.3 Å². The summed E-state index contributed by atoms with van der Waals surface area (Å²) in [5.74, 6) is 0.959. The van der Waals surface area contributed by atoms with Gasteiger partial charge in [-0.1, -0.05) is 26.2 Å². The molecular weight excluding hydrogens is 240 g/mol. The monoisotopic (exact) mass is 266 g/mol. The average molecular weight is 266 g/mol. The Morgan fingerprint density at radius 3 is 2.78 bits per heavy atom. The number of aromatic nitrogens is 1. The molecule has 1 aliphatic rings. The van der Waals surface area contributed by atoms with Gasteiger partial charge in [0, 0.05) is 18.0 Å². The molecule has 3 heteroatoms. The van der Waals surface area contributed by atoms with Crippen LogP contribution in [0.2, 0.25) is 0 Å². The van der Waals surface area contributed by atoms with E-state index >= 15 is 0 Å². The van der Waals surface area contributed by atoms with E-state index in [0.717, 1.165) is 18.9 Å². The van der Waals surface area contributed by atoms with Crippen LogP contribution in [0.4, 0.5) is 0 Å². The van der Waals surface area contributed by atoms with E-state index in [1.165, 1.54) is 50.0 Å². The van der Waals surface area contributed by atoms with Crippen LogP contribution in [-0.4, -0.2) is 11.5 Å². The number of nitrogens with zero attached hydrogens (tertiary/aromatic N) is 1. The fourth-order valence-electron chi connectivity index (χ4n) is 3.19. The SMILES string of the molecule is CCCCC1CCC(CN)(Cc2nccs2)CC1. The van der Waals surface area contributed by atoms with Gasteiger partial charge in [0.2, 0.25) is 0 Å². The van der Waals surface area contributed by atoms with E-state index < -0.39 is 0 Å². The lowest BCUT2D eigenvalue weighted by atomic mass is 9.68. The maximum Gasteiger partial charge on any atom is 0.0930 e. The first-order valence-electron chi connectivity index (χ1n) is 7.36. The normalized spacial score (nSPS) is 28.4. The fraction of sp³-hybridized carbons (Fsp3) is 0.800. The van der Waals surface area contributed by atoms with Crippen LogP contribution in [0.1, 0.15) is 56.9 Å². The first-order chi connectivity index (χ1) is 8.78. The lowest BCUT2D eigenvalue weighted by Gasteiger charge is -2.39. The summed E-state index contributed by atoms with van der Waals surface area (Å²) in [5.41, 5.74) is 6.43. The number of hydrogen-bond donors (Lipinski definition) is 1. The summed E-state index contributed by atoms with van der Waals surface area (Å²) in [7, 11) is 0. The molecule has 2 nitrogen and oxygen atoms in total. The third-order valence-electron chi connectivity index (χ3n) is 4.57. The Morgan fingerprint density at radius 1 is 1.44 bits per heavy atom. The number of hydrogen-bond acceptors (Lipinski definition) is 3. The van der Waals surface area contributed by atoms with Crippen LogP contribution in [0.5, 0.6) is 0 Å². The highest BCUT2D eigenvalue weighted by Crippen LogP contribution is 2.42. The van der Waals surface area contributed by atoms with Crippen LogP contribution >= 0.6 is 11.3 Å². The van der Waals surface area contributed by atoms with E-state index in [9.17, 15) is 0 Å². The van der Waals surface area contributed by atoms with Crippen molar-refractivity contribution in [2.24, 2.45) is 17.1 Å². The Morgan fingerprint density at radius 2 is 2.22 bits per heavy atom. The molecule has 1 heterocycles. The minimum absolute atomic E-state index is 0.348. The Kier molecular flexibility index (Phi) is 5.19. The van der Waals surface area contributed by atoms with Crippen molar-refractivity contribution in [1.29, 1.82) is 0 Å². The van der Waals surface area contributed by atoms with Crippen LogP contribution in [0.3, 0.4) is 0 Å². The highest BCUT2D eigenvalue weighted by atomic mass is 32.1. The van der Waals surface area contributed by atoms with Crippen molar-refractivity contribution < 1.29 is 0 Å². The number of rotatable bonds is 6. The molecule has 0 aliphatic heterocycles. The van der Waals surface area contributed by atoms with Gasteiger partial charge in [-0.2, -0.15) is 0 Å². The zero-order chi connectivity index (χ0) is 12.8. The minimum Gasteiger partial charge on any atom is -0.330 e. The second-order valence-corrected chi connectivity index (χ2v) is 6.87. The zero-order valence-electron chi connectivity index (χ0n) is 11.5. The molecule has 102 valence electrons. The second kappa shape index (κ2) is 6.67. The van der Waals surface area contributed by atoms with Crippen molar-refractivity contribution in [2.45, 2.75) is 58.3 Å². The second-order valence-electron chi connectivity index (χ2n) is 5.89. The largest absolute Gasteiger partial charge is 0.330 e. The van der Waals surface area contributed by atoms with Gasteiger partial charge in [-0.05, 0) is 43.6 Å². The predicted octanol–water partition coefficient (Wildman–Crippen LogP) is 4.01. The van der Waals surface area contributed by atoms with Gasteiger partial charge in [0.25, 0.3) is 0 Å². The molecule has 0 bridgehead atoms. The van der Waals surface area contributed by atoms with Crippen LogP contribution in [-0.2, 0) is 6.42 Å². The van der Waals surface area contributed by atoms with Crippen LogP contribution in [0.15, 0.2) is 11.6 Å². The molecule has 0 saturated heterocycles. The summed E-state index contributed by atoms with van der Waals surface area (Å²) in [5, 5.41) is 3.35. The Labute approximate surface area is 115 Å². The number of thiazole rings is 1. The molecule has 0 spiro atoms. The van der Waals surface area contributed by atoms with Crippen LogP contribution in [0, 0.1) is 11.3 Å². The first kappa shape index (κ1) is 14.0. The topological polar surface area (TPSA) is 38.9 Å². The van der Waals surface area contributed by atoms with Crippen LogP contribution in [0.25, 0.3) is 0 Å². The zero-order valence-corrected chi connectivity index (χ0v) is 12.3. The number of nitrogens with two attached hydrogens (primary N) is 1. The Balaban J connectivity index is 1.87. The minimum atomic E-state index is 0.348. The van der Waals surface area contributed by atoms with E-state index in [-0.39, 0.29) is 0 Å². The van der Waals surface area contributed by atoms with Crippen LogP contribution < -0.4 is 5.73 Å². The molecule has 1 aliphatic carbocycles. The third kappa shape index (κ3) is 3.55. The van der Waals surface area contributed by atoms with Gasteiger partial charge in [-0.15, -0.1) is 11.3 Å². The van der Waals surface area contributed by atoms with Gasteiger partial charge in [0.15, 0.2) is 0 Å². The van der Waals surface area contributed by atoms with E-state index in [0.29, 0.717) is 5.41 Å². The van der Waals surface area contributed by atoms with Crippen molar-refractivity contribution in [1.82, 2.24) is 4.98 Å². The molecule has 1 saturated carbocycles. The van der Waals surface area contributed by atoms with Gasteiger partial charge in [0.05, 0.1) is 5.01 Å². The lowest BCUT2D eigenvalue weighted by molar-refractivity contribution is 0.150. The molecule has 0 atom stereocenters. The Hall–Kier alpha value is -0.410. The average Bonchev–Trinajstić information content (AvgIpc) is 2.91. The fourth-order valence-corrected chi connectivity index (χ4v) is 3.98. The summed E-state index contributed by atoms with van der Waals surface area (Å²) < 4.78 is 0. The molecule has 2 rings (SSSR count). The summed E-state index contributed by atoms with van der Waals surface area (Å²) in [6, 6.07) is 0. The van der Waals surface area contributed by atoms with Gasteiger partial charge >= 0.3 is 0 Å². The van der Waals surface area contributed by atoms with Crippen molar-refractivity contribution in [3.8, 4) is 0 Å². The molecule has 1 aromatic rings. The smallest absolute Gasteiger partial charge is 0.0930 e.